The van der Waals surface area contributed by atoms with E-state index >= 15 is 0 Å². The SMILES string of the molecule is CCN(CCCO)S(=O)(=O)c1cc(C(=O)OC)ccc1Cl. The number of ether oxygens (including phenoxy) is 1. The van der Waals surface area contributed by atoms with Crippen LogP contribution in [0.25, 0.3) is 0 Å². The lowest BCUT2D eigenvalue weighted by molar-refractivity contribution is 0.0600. The molecule has 0 atom stereocenters. The lowest BCUT2D eigenvalue weighted by Crippen LogP contribution is -2.32. The molecule has 8 heteroatoms. The van der Waals surface area contributed by atoms with E-state index in [9.17, 15) is 13.2 Å². The fourth-order valence-corrected chi connectivity index (χ4v) is 3.77. The first-order valence-corrected chi connectivity index (χ1v) is 8.19. The molecule has 0 saturated carbocycles. The van der Waals surface area contributed by atoms with E-state index in [0.29, 0.717) is 6.42 Å². The Morgan fingerprint density at radius 3 is 2.62 bits per heavy atom. The van der Waals surface area contributed by atoms with Crippen LogP contribution in [0.5, 0.6) is 0 Å². The van der Waals surface area contributed by atoms with Gasteiger partial charge in [-0.3, -0.25) is 0 Å². The van der Waals surface area contributed by atoms with Crippen LogP contribution in [0, 0.1) is 0 Å². The van der Waals surface area contributed by atoms with Crippen LogP contribution >= 0.6 is 11.6 Å². The van der Waals surface area contributed by atoms with E-state index in [1.54, 1.807) is 6.92 Å². The first-order chi connectivity index (χ1) is 9.88. The van der Waals surface area contributed by atoms with E-state index in [4.69, 9.17) is 16.7 Å². The summed E-state index contributed by atoms with van der Waals surface area (Å²) >= 11 is 5.96. The highest BCUT2D eigenvalue weighted by Gasteiger charge is 2.26. The highest BCUT2D eigenvalue weighted by Crippen LogP contribution is 2.26. The van der Waals surface area contributed by atoms with E-state index in [1.165, 1.54) is 29.6 Å². The predicted molar refractivity (Wildman–Crippen MR) is 78.9 cm³/mol. The molecule has 0 spiro atoms. The van der Waals surface area contributed by atoms with Gasteiger partial charge >= 0.3 is 5.97 Å². The zero-order valence-corrected chi connectivity index (χ0v) is 13.4. The first-order valence-electron chi connectivity index (χ1n) is 6.37. The van der Waals surface area contributed by atoms with E-state index in [2.05, 4.69) is 4.74 Å². The molecule has 0 heterocycles. The molecule has 0 aliphatic rings. The molecule has 1 aromatic rings. The maximum Gasteiger partial charge on any atom is 0.337 e. The van der Waals surface area contributed by atoms with Crippen molar-refractivity contribution < 1.29 is 23.1 Å². The molecule has 0 amide bonds. The maximum absolute atomic E-state index is 12.6. The summed E-state index contributed by atoms with van der Waals surface area (Å²) in [7, 11) is -2.62. The number of hydrogen-bond acceptors (Lipinski definition) is 5. The average Bonchev–Trinajstić information content (AvgIpc) is 2.47. The van der Waals surface area contributed by atoms with Crippen LogP contribution in [-0.4, -0.2) is 50.6 Å². The van der Waals surface area contributed by atoms with E-state index in [-0.39, 0.29) is 35.2 Å². The number of halogens is 1. The van der Waals surface area contributed by atoms with Gasteiger partial charge in [0.2, 0.25) is 10.0 Å². The number of sulfonamides is 1. The molecule has 1 rings (SSSR count). The predicted octanol–water partition coefficient (Wildman–Crippen LogP) is 1.52. The molecule has 0 saturated heterocycles. The van der Waals surface area contributed by atoms with Crippen LogP contribution in [-0.2, 0) is 14.8 Å². The van der Waals surface area contributed by atoms with Crippen LogP contribution in [0.2, 0.25) is 5.02 Å². The smallest absolute Gasteiger partial charge is 0.337 e. The molecule has 0 fully saturated rings. The summed E-state index contributed by atoms with van der Waals surface area (Å²) in [4.78, 5) is 11.4. The van der Waals surface area contributed by atoms with Crippen molar-refractivity contribution in [2.24, 2.45) is 0 Å². The molecule has 1 N–H and O–H groups in total. The minimum Gasteiger partial charge on any atom is -0.465 e. The molecule has 0 aromatic heterocycles. The summed E-state index contributed by atoms with van der Waals surface area (Å²) in [5.41, 5.74) is 0.110. The van der Waals surface area contributed by atoms with Crippen LogP contribution in [0.15, 0.2) is 23.1 Å². The van der Waals surface area contributed by atoms with Gasteiger partial charge in [-0.25, -0.2) is 13.2 Å². The van der Waals surface area contributed by atoms with Gasteiger partial charge in [0.05, 0.1) is 17.7 Å². The van der Waals surface area contributed by atoms with Crippen LogP contribution < -0.4 is 0 Å². The number of aliphatic hydroxyl groups excluding tert-OH is 1. The summed E-state index contributed by atoms with van der Waals surface area (Å²) in [6, 6.07) is 3.95. The van der Waals surface area contributed by atoms with Gasteiger partial charge in [0.15, 0.2) is 0 Å². The Hall–Kier alpha value is -1.15. The lowest BCUT2D eigenvalue weighted by Gasteiger charge is -2.21. The second-order valence-electron chi connectivity index (χ2n) is 4.21. The molecular formula is C13H18ClNO5S. The third kappa shape index (κ3) is 4.16. The number of aliphatic hydroxyl groups is 1. The zero-order chi connectivity index (χ0) is 16.0. The standard InChI is InChI=1S/C13H18ClNO5S/c1-3-15(7-4-8-16)21(18,19)12-9-10(13(17)20-2)5-6-11(12)14/h5-6,9,16H,3-4,7-8H2,1-2H3. The van der Waals surface area contributed by atoms with E-state index in [1.807, 2.05) is 0 Å². The maximum atomic E-state index is 12.6. The molecular weight excluding hydrogens is 318 g/mol. The molecule has 21 heavy (non-hydrogen) atoms. The fraction of sp³-hybridized carbons (Fsp3) is 0.462. The number of hydrogen-bond donors (Lipinski definition) is 1. The van der Waals surface area contributed by atoms with Gasteiger partial charge in [0.25, 0.3) is 0 Å². The molecule has 118 valence electrons. The number of benzene rings is 1. The fourth-order valence-electron chi connectivity index (χ4n) is 1.78. The topological polar surface area (TPSA) is 83.9 Å². The van der Waals surface area contributed by atoms with Crippen molar-refractivity contribution in [1.82, 2.24) is 4.31 Å². The van der Waals surface area contributed by atoms with Crippen molar-refractivity contribution >= 4 is 27.6 Å². The Kier molecular flexibility index (Phi) is 6.60. The Bertz CT molecular complexity index is 603. The Balaban J connectivity index is 3.26. The van der Waals surface area contributed by atoms with Crippen LogP contribution in [0.3, 0.4) is 0 Å². The molecule has 6 nitrogen and oxygen atoms in total. The second-order valence-corrected chi connectivity index (χ2v) is 6.52. The summed E-state index contributed by atoms with van der Waals surface area (Å²) in [5.74, 6) is -0.637. The van der Waals surface area contributed by atoms with Crippen LogP contribution in [0.4, 0.5) is 0 Å². The largest absolute Gasteiger partial charge is 0.465 e. The van der Waals surface area contributed by atoms with Gasteiger partial charge in [-0.1, -0.05) is 18.5 Å². The summed E-state index contributed by atoms with van der Waals surface area (Å²) < 4.78 is 30.9. The minimum atomic E-state index is -3.84. The van der Waals surface area contributed by atoms with Gasteiger partial charge in [-0.15, -0.1) is 0 Å². The van der Waals surface area contributed by atoms with Gasteiger partial charge < -0.3 is 9.84 Å². The summed E-state index contributed by atoms with van der Waals surface area (Å²) in [5, 5.41) is 8.87. The highest BCUT2D eigenvalue weighted by molar-refractivity contribution is 7.89. The van der Waals surface area contributed by atoms with Crippen molar-refractivity contribution in [2.75, 3.05) is 26.8 Å². The van der Waals surface area contributed by atoms with Crippen molar-refractivity contribution in [3.63, 3.8) is 0 Å². The third-order valence-electron chi connectivity index (χ3n) is 2.89. The van der Waals surface area contributed by atoms with Gasteiger partial charge in [0.1, 0.15) is 4.90 Å². The van der Waals surface area contributed by atoms with Gasteiger partial charge in [-0.2, -0.15) is 4.31 Å². The zero-order valence-electron chi connectivity index (χ0n) is 11.9. The Morgan fingerprint density at radius 1 is 1.43 bits per heavy atom. The minimum absolute atomic E-state index is 0.0325. The van der Waals surface area contributed by atoms with E-state index < -0.39 is 16.0 Å². The summed E-state index contributed by atoms with van der Waals surface area (Å²) in [6.07, 6.45) is 0.321. The molecule has 0 bridgehead atoms. The van der Waals surface area contributed by atoms with E-state index in [0.717, 1.165) is 0 Å². The number of methoxy groups -OCH3 is 1. The number of carbonyl (C=O) groups excluding carboxylic acids is 1. The normalized spacial score (nSPS) is 11.7. The van der Waals surface area contributed by atoms with Crippen molar-refractivity contribution in [2.45, 2.75) is 18.2 Å². The highest BCUT2D eigenvalue weighted by atomic mass is 35.5. The number of carbonyl (C=O) groups is 1. The number of esters is 1. The number of rotatable bonds is 7. The summed E-state index contributed by atoms with van der Waals surface area (Å²) in [6.45, 7) is 1.99. The van der Waals surface area contributed by atoms with Gasteiger partial charge in [0, 0.05) is 19.7 Å². The quantitative estimate of drug-likeness (QED) is 0.764. The van der Waals surface area contributed by atoms with Crippen molar-refractivity contribution in [3.8, 4) is 0 Å². The van der Waals surface area contributed by atoms with Crippen LogP contribution in [0.1, 0.15) is 23.7 Å². The Labute approximate surface area is 129 Å². The third-order valence-corrected chi connectivity index (χ3v) is 5.34. The molecule has 0 aliphatic carbocycles. The van der Waals surface area contributed by atoms with Gasteiger partial charge in [-0.05, 0) is 24.6 Å². The molecule has 0 unspecified atom stereocenters. The van der Waals surface area contributed by atoms with Crippen molar-refractivity contribution in [1.29, 1.82) is 0 Å². The molecule has 0 radical (unpaired) electrons. The molecule has 1 aromatic carbocycles. The first kappa shape index (κ1) is 17.9. The lowest BCUT2D eigenvalue weighted by atomic mass is 10.2. The number of nitrogens with zero attached hydrogens (tertiary/aromatic N) is 1. The van der Waals surface area contributed by atoms with Crippen molar-refractivity contribution in [3.05, 3.63) is 28.8 Å². The second kappa shape index (κ2) is 7.74. The Morgan fingerprint density at radius 2 is 2.10 bits per heavy atom. The molecule has 0 aliphatic heterocycles. The monoisotopic (exact) mass is 335 g/mol. The average molecular weight is 336 g/mol.